The Balaban J connectivity index is 1.44. The monoisotopic (exact) mass is 392 g/mol. The molecule has 29 heavy (non-hydrogen) atoms. The van der Waals surface area contributed by atoms with Gasteiger partial charge in [0.15, 0.2) is 0 Å². The molecule has 0 aliphatic carbocycles. The normalized spacial score (nSPS) is 18.5. The number of nitrogens with zero attached hydrogens (tertiary/aromatic N) is 3. The van der Waals surface area contributed by atoms with Crippen molar-refractivity contribution in [1.82, 2.24) is 20.1 Å². The van der Waals surface area contributed by atoms with Crippen molar-refractivity contribution >= 4 is 5.91 Å². The zero-order valence-electron chi connectivity index (χ0n) is 16.3. The van der Waals surface area contributed by atoms with Crippen molar-refractivity contribution in [3.05, 3.63) is 77.7 Å². The standard InChI is InChI=1S/C22H24N4O3/c1-28-20-13-17(7-10-23-20)14-24-22(27)18-9-12-29-21(18)19-8-11-25-26(19)15-16-5-3-2-4-6-16/h2-8,10-11,13,18,21H,9,12,14-15H2,1H3,(H,24,27)/t18-,21-/m0/s1. The average molecular weight is 392 g/mol. The van der Waals surface area contributed by atoms with Gasteiger partial charge in [0.2, 0.25) is 11.8 Å². The highest BCUT2D eigenvalue weighted by Gasteiger charge is 2.37. The number of nitrogens with one attached hydrogen (secondary N) is 1. The molecule has 4 rings (SSSR count). The number of pyridine rings is 1. The SMILES string of the molecule is COc1cc(CNC(=O)[C@H]2CCO[C@@H]2c2ccnn2Cc2ccccc2)ccn1. The molecule has 1 aromatic carbocycles. The van der Waals surface area contributed by atoms with Crippen molar-refractivity contribution in [3.8, 4) is 5.88 Å². The number of hydrogen-bond donors (Lipinski definition) is 1. The summed E-state index contributed by atoms with van der Waals surface area (Å²) < 4.78 is 13.0. The molecule has 7 nitrogen and oxygen atoms in total. The third-order valence-corrected chi connectivity index (χ3v) is 5.12. The summed E-state index contributed by atoms with van der Waals surface area (Å²) in [5.41, 5.74) is 3.02. The maximum absolute atomic E-state index is 12.9. The summed E-state index contributed by atoms with van der Waals surface area (Å²) in [4.78, 5) is 17.0. The molecule has 0 spiro atoms. The Morgan fingerprint density at radius 2 is 2.07 bits per heavy atom. The lowest BCUT2D eigenvalue weighted by atomic mass is 9.97. The van der Waals surface area contributed by atoms with Crippen molar-refractivity contribution in [2.75, 3.05) is 13.7 Å². The third-order valence-electron chi connectivity index (χ3n) is 5.12. The third kappa shape index (κ3) is 4.46. The lowest BCUT2D eigenvalue weighted by Gasteiger charge is -2.20. The minimum atomic E-state index is -0.298. The van der Waals surface area contributed by atoms with E-state index < -0.39 is 0 Å². The molecule has 1 amide bonds. The number of benzene rings is 1. The van der Waals surface area contributed by atoms with Gasteiger partial charge in [0, 0.05) is 31.6 Å². The van der Waals surface area contributed by atoms with Crippen LogP contribution in [0.15, 0.2) is 60.9 Å². The van der Waals surface area contributed by atoms with Crippen LogP contribution in [0, 0.1) is 5.92 Å². The molecular formula is C22H24N4O3. The molecule has 1 saturated heterocycles. The highest BCUT2D eigenvalue weighted by atomic mass is 16.5. The number of amides is 1. The van der Waals surface area contributed by atoms with Gasteiger partial charge < -0.3 is 14.8 Å². The van der Waals surface area contributed by atoms with Crippen LogP contribution in [-0.4, -0.2) is 34.4 Å². The van der Waals surface area contributed by atoms with Crippen molar-refractivity contribution < 1.29 is 14.3 Å². The van der Waals surface area contributed by atoms with Crippen LogP contribution in [0.2, 0.25) is 0 Å². The molecule has 1 aliphatic heterocycles. The van der Waals surface area contributed by atoms with Gasteiger partial charge >= 0.3 is 0 Å². The molecule has 7 heteroatoms. The maximum Gasteiger partial charge on any atom is 0.226 e. The first kappa shape index (κ1) is 19.1. The Kier molecular flexibility index (Phi) is 5.86. The van der Waals surface area contributed by atoms with Gasteiger partial charge in [-0.05, 0) is 29.7 Å². The van der Waals surface area contributed by atoms with Crippen LogP contribution in [0.25, 0.3) is 0 Å². The molecule has 150 valence electrons. The molecule has 3 aromatic rings. The molecule has 3 heterocycles. The van der Waals surface area contributed by atoms with E-state index in [-0.39, 0.29) is 17.9 Å². The fourth-order valence-corrected chi connectivity index (χ4v) is 3.61. The highest BCUT2D eigenvalue weighted by Crippen LogP contribution is 2.34. The van der Waals surface area contributed by atoms with Gasteiger partial charge in [0.1, 0.15) is 6.10 Å². The minimum Gasteiger partial charge on any atom is -0.481 e. The van der Waals surface area contributed by atoms with E-state index in [1.165, 1.54) is 0 Å². The van der Waals surface area contributed by atoms with Crippen LogP contribution in [-0.2, 0) is 22.6 Å². The molecule has 2 atom stereocenters. The number of methoxy groups -OCH3 is 1. The second-order valence-electron chi connectivity index (χ2n) is 7.01. The second-order valence-corrected chi connectivity index (χ2v) is 7.01. The Hall–Kier alpha value is -3.19. The van der Waals surface area contributed by atoms with E-state index in [2.05, 4.69) is 27.5 Å². The van der Waals surface area contributed by atoms with Crippen molar-refractivity contribution in [1.29, 1.82) is 0 Å². The molecular weight excluding hydrogens is 368 g/mol. The predicted octanol–water partition coefficient (Wildman–Crippen LogP) is 2.73. The molecule has 1 aliphatic rings. The Morgan fingerprint density at radius 3 is 2.90 bits per heavy atom. The van der Waals surface area contributed by atoms with Gasteiger partial charge in [-0.25, -0.2) is 4.98 Å². The summed E-state index contributed by atoms with van der Waals surface area (Å²) in [7, 11) is 1.57. The van der Waals surface area contributed by atoms with Gasteiger partial charge in [-0.1, -0.05) is 30.3 Å². The summed E-state index contributed by atoms with van der Waals surface area (Å²) in [5.74, 6) is 0.268. The molecule has 0 bridgehead atoms. The van der Waals surface area contributed by atoms with Gasteiger partial charge in [0.05, 0.1) is 25.3 Å². The summed E-state index contributed by atoms with van der Waals surface area (Å²) in [5, 5.41) is 7.47. The first-order chi connectivity index (χ1) is 14.2. The maximum atomic E-state index is 12.9. The fourth-order valence-electron chi connectivity index (χ4n) is 3.61. The van der Waals surface area contributed by atoms with E-state index in [0.29, 0.717) is 32.0 Å². The zero-order chi connectivity index (χ0) is 20.1. The van der Waals surface area contributed by atoms with Gasteiger partial charge in [-0.2, -0.15) is 5.10 Å². The number of carbonyl (C=O) groups is 1. The summed E-state index contributed by atoms with van der Waals surface area (Å²) in [6, 6.07) is 15.8. The first-order valence-electron chi connectivity index (χ1n) is 9.68. The van der Waals surface area contributed by atoms with Crippen molar-refractivity contribution in [3.63, 3.8) is 0 Å². The van der Waals surface area contributed by atoms with Crippen LogP contribution in [0.4, 0.5) is 0 Å². The molecule has 1 N–H and O–H groups in total. The number of ether oxygens (including phenoxy) is 2. The van der Waals surface area contributed by atoms with Crippen LogP contribution < -0.4 is 10.1 Å². The quantitative estimate of drug-likeness (QED) is 0.669. The minimum absolute atomic E-state index is 0.0178. The topological polar surface area (TPSA) is 78.3 Å². The number of aromatic nitrogens is 3. The van der Waals surface area contributed by atoms with Crippen LogP contribution >= 0.6 is 0 Å². The fraction of sp³-hybridized carbons (Fsp3) is 0.318. The molecule has 1 fully saturated rings. The van der Waals surface area contributed by atoms with Gasteiger partial charge in [-0.3, -0.25) is 9.48 Å². The summed E-state index contributed by atoms with van der Waals surface area (Å²) in [6.45, 7) is 1.63. The van der Waals surface area contributed by atoms with E-state index in [1.807, 2.05) is 41.1 Å². The van der Waals surface area contributed by atoms with Crippen LogP contribution in [0.3, 0.4) is 0 Å². The van der Waals surface area contributed by atoms with E-state index in [0.717, 1.165) is 16.8 Å². The van der Waals surface area contributed by atoms with Crippen molar-refractivity contribution in [2.24, 2.45) is 5.92 Å². The van der Waals surface area contributed by atoms with E-state index in [1.54, 1.807) is 19.5 Å². The van der Waals surface area contributed by atoms with Gasteiger partial charge in [0.25, 0.3) is 0 Å². The number of hydrogen-bond acceptors (Lipinski definition) is 5. The lowest BCUT2D eigenvalue weighted by Crippen LogP contribution is -2.32. The molecule has 0 unspecified atom stereocenters. The van der Waals surface area contributed by atoms with E-state index in [9.17, 15) is 4.79 Å². The summed E-state index contributed by atoms with van der Waals surface area (Å²) >= 11 is 0. The lowest BCUT2D eigenvalue weighted by molar-refractivity contribution is -0.127. The molecule has 0 saturated carbocycles. The van der Waals surface area contributed by atoms with Crippen molar-refractivity contribution in [2.45, 2.75) is 25.6 Å². The molecule has 2 aromatic heterocycles. The Morgan fingerprint density at radius 1 is 1.21 bits per heavy atom. The number of carbonyl (C=O) groups excluding carboxylic acids is 1. The van der Waals surface area contributed by atoms with Crippen LogP contribution in [0.5, 0.6) is 5.88 Å². The smallest absolute Gasteiger partial charge is 0.226 e. The largest absolute Gasteiger partial charge is 0.481 e. The Bertz CT molecular complexity index is 957. The molecule has 0 radical (unpaired) electrons. The van der Waals surface area contributed by atoms with E-state index >= 15 is 0 Å². The number of rotatable bonds is 7. The van der Waals surface area contributed by atoms with Crippen LogP contribution in [0.1, 0.15) is 29.3 Å². The van der Waals surface area contributed by atoms with E-state index in [4.69, 9.17) is 9.47 Å². The highest BCUT2D eigenvalue weighted by molar-refractivity contribution is 5.79. The average Bonchev–Trinajstić information content (AvgIpc) is 3.42. The predicted molar refractivity (Wildman–Crippen MR) is 107 cm³/mol. The first-order valence-corrected chi connectivity index (χ1v) is 9.68. The van der Waals surface area contributed by atoms with Gasteiger partial charge in [-0.15, -0.1) is 0 Å². The summed E-state index contributed by atoms with van der Waals surface area (Å²) in [6.07, 6.45) is 3.82. The zero-order valence-corrected chi connectivity index (χ0v) is 16.3. The second kappa shape index (κ2) is 8.87. The Labute approximate surface area is 169 Å².